The first-order valence-corrected chi connectivity index (χ1v) is 8.60. The van der Waals surface area contributed by atoms with Gasteiger partial charge in [0.05, 0.1) is 43.9 Å². The summed E-state index contributed by atoms with van der Waals surface area (Å²) in [6, 6.07) is 8.26. The highest BCUT2D eigenvalue weighted by Crippen LogP contribution is 2.28. The van der Waals surface area contributed by atoms with E-state index in [4.69, 9.17) is 14.3 Å². The molecular weight excluding hydrogens is 355 g/mol. The van der Waals surface area contributed by atoms with Crippen LogP contribution in [0.5, 0.6) is 0 Å². The molecule has 0 aliphatic carbocycles. The lowest BCUT2D eigenvalue weighted by atomic mass is 10.2. The number of carbonyl (C=O) groups is 1. The molecule has 3 heterocycles. The fraction of sp³-hybridized carbons (Fsp3) is 0.333. The summed E-state index contributed by atoms with van der Waals surface area (Å²) >= 11 is 0. The van der Waals surface area contributed by atoms with Crippen molar-refractivity contribution >= 4 is 23.8 Å². The second-order valence-corrected chi connectivity index (χ2v) is 6.33. The Kier molecular flexibility index (Phi) is 4.68. The average molecular weight is 374 g/mol. The number of aliphatic hydroxyl groups is 1. The van der Waals surface area contributed by atoms with Crippen LogP contribution < -0.4 is 9.80 Å². The molecule has 1 N–H and O–H groups in total. The van der Waals surface area contributed by atoms with Gasteiger partial charge in [0, 0.05) is 6.54 Å². The van der Waals surface area contributed by atoms with E-state index in [1.54, 1.807) is 29.6 Å². The zero-order valence-corrected chi connectivity index (χ0v) is 14.5. The molecule has 1 aromatic carbocycles. The molecule has 9 heteroatoms. The van der Waals surface area contributed by atoms with E-state index in [1.165, 1.54) is 11.0 Å². The predicted octanol–water partition coefficient (Wildman–Crippen LogP) is 2.00. The Morgan fingerprint density at radius 3 is 2.81 bits per heavy atom. The number of cyclic esters (lactones) is 1. The number of aliphatic hydroxyl groups excluding tert-OH is 1. The summed E-state index contributed by atoms with van der Waals surface area (Å²) in [4.78, 5) is 14.9. The van der Waals surface area contributed by atoms with E-state index < -0.39 is 18.0 Å². The third-order valence-electron chi connectivity index (χ3n) is 4.50. The van der Waals surface area contributed by atoms with Gasteiger partial charge in [0.1, 0.15) is 24.0 Å². The van der Waals surface area contributed by atoms with Crippen LogP contribution in [-0.4, -0.2) is 54.9 Å². The van der Waals surface area contributed by atoms with Gasteiger partial charge in [-0.2, -0.15) is 5.10 Å². The number of hydrogen-bond acceptors (Lipinski definition) is 7. The molecule has 142 valence electrons. The maximum atomic E-state index is 14.6. The minimum atomic E-state index is -0.589. The topological polar surface area (TPSA) is 81.8 Å². The van der Waals surface area contributed by atoms with Gasteiger partial charge < -0.3 is 19.2 Å². The van der Waals surface area contributed by atoms with Crippen LogP contribution in [0.2, 0.25) is 0 Å². The van der Waals surface area contributed by atoms with Crippen molar-refractivity contribution in [3.8, 4) is 0 Å². The van der Waals surface area contributed by atoms with Crippen LogP contribution >= 0.6 is 0 Å². The third kappa shape index (κ3) is 3.59. The highest BCUT2D eigenvalue weighted by atomic mass is 19.1. The summed E-state index contributed by atoms with van der Waals surface area (Å²) in [5.74, 6) is 0.355. The minimum Gasteiger partial charge on any atom is -0.467 e. The second kappa shape index (κ2) is 7.28. The lowest BCUT2D eigenvalue weighted by molar-refractivity contribution is 0.0963. The Hall–Kier alpha value is -3.07. The number of hydrogen-bond donors (Lipinski definition) is 1. The molecule has 1 amide bonds. The molecule has 4 rings (SSSR count). The first-order valence-electron chi connectivity index (χ1n) is 8.60. The number of hydrazone groups is 1. The molecule has 2 aromatic rings. The number of anilines is 2. The van der Waals surface area contributed by atoms with Crippen molar-refractivity contribution in [2.75, 3.05) is 36.0 Å². The standard InChI is InChI=1S/C18H19FN4O4/c19-16-8-13(23-10-15(11-24)27-18(23)25)3-4-17(16)21-5-6-22(20-12-21)9-14-2-1-7-26-14/h1-4,7-8,12,15,24H,5-6,9-11H2. The number of amides is 1. The molecule has 0 radical (unpaired) electrons. The maximum Gasteiger partial charge on any atom is 0.414 e. The van der Waals surface area contributed by atoms with E-state index >= 15 is 0 Å². The van der Waals surface area contributed by atoms with Crippen molar-refractivity contribution in [1.82, 2.24) is 5.01 Å². The van der Waals surface area contributed by atoms with Crippen LogP contribution in [0, 0.1) is 5.82 Å². The van der Waals surface area contributed by atoms with E-state index in [2.05, 4.69) is 5.10 Å². The van der Waals surface area contributed by atoms with Gasteiger partial charge in [-0.3, -0.25) is 9.91 Å². The fourth-order valence-electron chi connectivity index (χ4n) is 3.08. The highest BCUT2D eigenvalue weighted by molar-refractivity contribution is 5.90. The maximum absolute atomic E-state index is 14.6. The van der Waals surface area contributed by atoms with Crippen molar-refractivity contribution in [2.24, 2.45) is 5.10 Å². The van der Waals surface area contributed by atoms with Crippen LogP contribution in [0.1, 0.15) is 5.76 Å². The molecule has 2 aliphatic heterocycles. The fourth-order valence-corrected chi connectivity index (χ4v) is 3.08. The van der Waals surface area contributed by atoms with Crippen molar-refractivity contribution in [2.45, 2.75) is 12.6 Å². The third-order valence-corrected chi connectivity index (χ3v) is 4.50. The average Bonchev–Trinajstić information content (AvgIpc) is 3.32. The van der Waals surface area contributed by atoms with Gasteiger partial charge in [-0.25, -0.2) is 9.18 Å². The number of nitrogens with zero attached hydrogens (tertiary/aromatic N) is 4. The van der Waals surface area contributed by atoms with Gasteiger partial charge in [-0.1, -0.05) is 0 Å². The molecule has 1 atom stereocenters. The first-order chi connectivity index (χ1) is 13.1. The largest absolute Gasteiger partial charge is 0.467 e. The number of ether oxygens (including phenoxy) is 1. The molecule has 1 aromatic heterocycles. The van der Waals surface area contributed by atoms with Crippen molar-refractivity contribution in [1.29, 1.82) is 0 Å². The van der Waals surface area contributed by atoms with E-state index in [-0.39, 0.29) is 13.2 Å². The van der Waals surface area contributed by atoms with E-state index in [1.807, 2.05) is 17.1 Å². The molecule has 0 spiro atoms. The van der Waals surface area contributed by atoms with Crippen molar-refractivity contribution in [3.63, 3.8) is 0 Å². The van der Waals surface area contributed by atoms with Crippen LogP contribution in [-0.2, 0) is 11.3 Å². The number of carbonyl (C=O) groups excluding carboxylic acids is 1. The molecule has 0 bridgehead atoms. The van der Waals surface area contributed by atoms with E-state index in [0.717, 1.165) is 5.76 Å². The van der Waals surface area contributed by atoms with Gasteiger partial charge in [0.25, 0.3) is 0 Å². The Balaban J connectivity index is 1.45. The van der Waals surface area contributed by atoms with Gasteiger partial charge in [-0.05, 0) is 30.3 Å². The second-order valence-electron chi connectivity index (χ2n) is 6.33. The number of rotatable bonds is 5. The minimum absolute atomic E-state index is 0.195. The smallest absolute Gasteiger partial charge is 0.414 e. The zero-order chi connectivity index (χ0) is 18.8. The Labute approximate surface area is 155 Å². The summed E-state index contributed by atoms with van der Waals surface area (Å²) in [6.45, 7) is 1.68. The molecule has 1 unspecified atom stereocenters. The monoisotopic (exact) mass is 374 g/mol. The Morgan fingerprint density at radius 2 is 2.19 bits per heavy atom. The zero-order valence-electron chi connectivity index (χ0n) is 14.5. The van der Waals surface area contributed by atoms with Gasteiger partial charge in [-0.15, -0.1) is 0 Å². The molecule has 8 nitrogen and oxygen atoms in total. The molecule has 2 aliphatic rings. The van der Waals surface area contributed by atoms with Crippen molar-refractivity contribution in [3.05, 3.63) is 48.2 Å². The molecule has 1 fully saturated rings. The van der Waals surface area contributed by atoms with Gasteiger partial charge in [0.15, 0.2) is 0 Å². The van der Waals surface area contributed by atoms with Crippen LogP contribution in [0.4, 0.5) is 20.6 Å². The summed E-state index contributed by atoms with van der Waals surface area (Å²) < 4.78 is 24.9. The first kappa shape index (κ1) is 17.3. The van der Waals surface area contributed by atoms with E-state index in [0.29, 0.717) is 31.0 Å². The summed E-state index contributed by atoms with van der Waals surface area (Å²) in [6.07, 6.45) is 2.02. The normalized spacial score (nSPS) is 19.7. The molecule has 1 saturated heterocycles. The van der Waals surface area contributed by atoms with Gasteiger partial charge in [0.2, 0.25) is 0 Å². The number of halogens is 1. The number of benzene rings is 1. The Morgan fingerprint density at radius 1 is 1.30 bits per heavy atom. The van der Waals surface area contributed by atoms with Crippen LogP contribution in [0.15, 0.2) is 46.1 Å². The van der Waals surface area contributed by atoms with Crippen LogP contribution in [0.25, 0.3) is 0 Å². The van der Waals surface area contributed by atoms with Gasteiger partial charge >= 0.3 is 6.09 Å². The van der Waals surface area contributed by atoms with Crippen LogP contribution in [0.3, 0.4) is 0 Å². The van der Waals surface area contributed by atoms with Crippen molar-refractivity contribution < 1.29 is 23.4 Å². The molecule has 27 heavy (non-hydrogen) atoms. The molecule has 0 saturated carbocycles. The summed E-state index contributed by atoms with van der Waals surface area (Å²) in [5.41, 5.74) is 0.775. The lowest BCUT2D eigenvalue weighted by Crippen LogP contribution is -2.38. The SMILES string of the molecule is O=C1OC(CO)CN1c1ccc(N2C=NN(Cc3ccco3)CC2)c(F)c1. The predicted molar refractivity (Wildman–Crippen MR) is 96.1 cm³/mol. The summed E-state index contributed by atoms with van der Waals surface area (Å²) in [5, 5.41) is 15.3. The summed E-state index contributed by atoms with van der Waals surface area (Å²) in [7, 11) is 0. The number of furan rings is 1. The molecular formula is C18H19FN4O4. The quantitative estimate of drug-likeness (QED) is 0.862. The lowest BCUT2D eigenvalue weighted by Gasteiger charge is -2.30. The highest BCUT2D eigenvalue weighted by Gasteiger charge is 2.32. The Bertz CT molecular complexity index is 842. The van der Waals surface area contributed by atoms with E-state index in [9.17, 15) is 9.18 Å².